The molecule has 1 heterocycles. The van der Waals surface area contributed by atoms with Gasteiger partial charge in [-0.25, -0.2) is 0 Å². The standard InChI is InChI=1S/C12H13N.2C2H6/c1-3-6-10-9(2)13-12-8-5-4-7-11(10)12;2*1-2/h4-8,13H,2-3H2,1H3;2*1-2H3/b10-6+;;. The molecule has 0 spiro atoms. The molecule has 1 aromatic carbocycles. The van der Waals surface area contributed by atoms with Gasteiger partial charge in [0.25, 0.3) is 0 Å². The van der Waals surface area contributed by atoms with Crippen LogP contribution in [0, 0.1) is 0 Å². The molecule has 0 radical (unpaired) electrons. The summed E-state index contributed by atoms with van der Waals surface area (Å²) in [6.07, 6.45) is 3.26. The minimum Gasteiger partial charge on any atom is -0.355 e. The number of nitrogens with one attached hydrogen (secondary N) is 1. The Morgan fingerprint density at radius 2 is 1.71 bits per heavy atom. The normalized spacial score (nSPS) is 10.3. The third-order valence-corrected chi connectivity index (χ3v) is 2.24. The fraction of sp³-hybridized carbons (Fsp3) is 0.375. The van der Waals surface area contributed by atoms with Gasteiger partial charge in [-0.2, -0.15) is 0 Å². The first kappa shape index (κ1) is 15.5. The lowest BCUT2D eigenvalue weighted by molar-refractivity contribution is 1.28. The summed E-state index contributed by atoms with van der Waals surface area (Å²) >= 11 is 0. The summed E-state index contributed by atoms with van der Waals surface area (Å²) in [4.78, 5) is 3.27. The lowest BCUT2D eigenvalue weighted by atomic mass is 10.2. The van der Waals surface area contributed by atoms with Crippen LogP contribution >= 0.6 is 0 Å². The largest absolute Gasteiger partial charge is 0.355 e. The number of aromatic nitrogens is 1. The maximum Gasteiger partial charge on any atom is 0.0464 e. The van der Waals surface area contributed by atoms with Crippen LogP contribution in [-0.2, 0) is 0 Å². The van der Waals surface area contributed by atoms with Crippen LogP contribution < -0.4 is 10.6 Å². The van der Waals surface area contributed by atoms with Gasteiger partial charge in [-0.3, -0.25) is 0 Å². The van der Waals surface area contributed by atoms with E-state index in [1.807, 2.05) is 33.8 Å². The summed E-state index contributed by atoms with van der Waals surface area (Å²) < 4.78 is 0. The highest BCUT2D eigenvalue weighted by atomic mass is 14.7. The van der Waals surface area contributed by atoms with Gasteiger partial charge in [-0.05, 0) is 12.5 Å². The summed E-state index contributed by atoms with van der Waals surface area (Å²) in [5, 5.41) is 3.54. The summed E-state index contributed by atoms with van der Waals surface area (Å²) in [6, 6.07) is 8.30. The summed E-state index contributed by atoms with van der Waals surface area (Å²) in [7, 11) is 0. The molecular formula is C16H25N. The summed E-state index contributed by atoms with van der Waals surface area (Å²) in [6.45, 7) is 14.1. The predicted octanol–water partition coefficient (Wildman–Crippen LogP) is 3.82. The highest BCUT2D eigenvalue weighted by Crippen LogP contribution is 2.03. The molecule has 2 aromatic rings. The van der Waals surface area contributed by atoms with Gasteiger partial charge >= 0.3 is 0 Å². The number of H-pyrrole nitrogens is 1. The van der Waals surface area contributed by atoms with Crippen molar-refractivity contribution >= 4 is 23.6 Å². The maximum atomic E-state index is 3.99. The topological polar surface area (TPSA) is 15.8 Å². The van der Waals surface area contributed by atoms with E-state index >= 15 is 0 Å². The Labute approximate surface area is 105 Å². The molecule has 0 fully saturated rings. The lowest BCUT2D eigenvalue weighted by Crippen LogP contribution is -2.20. The zero-order valence-electron chi connectivity index (χ0n) is 11.8. The third-order valence-electron chi connectivity index (χ3n) is 2.24. The van der Waals surface area contributed by atoms with Crippen molar-refractivity contribution in [3.63, 3.8) is 0 Å². The van der Waals surface area contributed by atoms with E-state index in [9.17, 15) is 0 Å². The molecule has 0 aliphatic rings. The molecule has 1 N–H and O–H groups in total. The number of fused-ring (bicyclic) bond motifs is 1. The molecular weight excluding hydrogens is 206 g/mol. The first-order valence-electron chi connectivity index (χ1n) is 6.58. The quantitative estimate of drug-likeness (QED) is 0.768. The maximum absolute atomic E-state index is 3.99. The first-order valence-corrected chi connectivity index (χ1v) is 6.58. The Morgan fingerprint density at radius 1 is 1.12 bits per heavy atom. The third kappa shape index (κ3) is 3.77. The molecule has 0 saturated heterocycles. The van der Waals surface area contributed by atoms with Crippen molar-refractivity contribution < 1.29 is 0 Å². The minimum absolute atomic E-state index is 1.02. The van der Waals surface area contributed by atoms with Crippen LogP contribution in [-0.4, -0.2) is 4.98 Å². The van der Waals surface area contributed by atoms with Gasteiger partial charge in [0.15, 0.2) is 0 Å². The zero-order chi connectivity index (χ0) is 13.3. The Balaban J connectivity index is 0.000000581. The molecule has 0 unspecified atom stereocenters. The average Bonchev–Trinajstić information content (AvgIpc) is 2.72. The Hall–Kier alpha value is -1.50. The van der Waals surface area contributed by atoms with Gasteiger partial charge in [-0.1, -0.05) is 65.5 Å². The van der Waals surface area contributed by atoms with E-state index in [-0.39, 0.29) is 0 Å². The van der Waals surface area contributed by atoms with E-state index in [1.54, 1.807) is 0 Å². The molecule has 0 atom stereocenters. The molecule has 94 valence electrons. The van der Waals surface area contributed by atoms with Crippen molar-refractivity contribution in [2.45, 2.75) is 41.0 Å². The van der Waals surface area contributed by atoms with Crippen molar-refractivity contribution in [3.05, 3.63) is 34.8 Å². The van der Waals surface area contributed by atoms with Crippen molar-refractivity contribution in [1.29, 1.82) is 0 Å². The number of rotatable bonds is 1. The number of benzene rings is 1. The second-order valence-corrected chi connectivity index (χ2v) is 3.18. The SMILES string of the molecule is C=c1[nH]c2ccccc2/c1=C/CC.CC.CC. The Bertz CT molecular complexity index is 520. The molecule has 17 heavy (non-hydrogen) atoms. The molecule has 1 heteroatoms. The van der Waals surface area contributed by atoms with E-state index in [0.717, 1.165) is 11.8 Å². The molecule has 0 bridgehead atoms. The van der Waals surface area contributed by atoms with Gasteiger partial charge in [-0.15, -0.1) is 0 Å². The lowest BCUT2D eigenvalue weighted by Gasteiger charge is -1.85. The Kier molecular flexibility index (Phi) is 7.87. The molecule has 1 aromatic heterocycles. The monoisotopic (exact) mass is 231 g/mol. The van der Waals surface area contributed by atoms with Crippen molar-refractivity contribution in [2.75, 3.05) is 0 Å². The summed E-state index contributed by atoms with van der Waals surface area (Å²) in [5.41, 5.74) is 1.17. The van der Waals surface area contributed by atoms with Crippen LogP contribution in [0.4, 0.5) is 0 Å². The number of hydrogen-bond acceptors (Lipinski definition) is 0. The van der Waals surface area contributed by atoms with Crippen molar-refractivity contribution in [3.8, 4) is 0 Å². The van der Waals surface area contributed by atoms with Crippen LogP contribution in [0.1, 0.15) is 41.0 Å². The van der Waals surface area contributed by atoms with Crippen LogP contribution in [0.15, 0.2) is 24.3 Å². The van der Waals surface area contributed by atoms with E-state index in [4.69, 9.17) is 0 Å². The predicted molar refractivity (Wildman–Crippen MR) is 80.5 cm³/mol. The van der Waals surface area contributed by atoms with Crippen LogP contribution in [0.5, 0.6) is 0 Å². The smallest absolute Gasteiger partial charge is 0.0464 e. The van der Waals surface area contributed by atoms with Crippen LogP contribution in [0.2, 0.25) is 0 Å². The fourth-order valence-corrected chi connectivity index (χ4v) is 1.66. The van der Waals surface area contributed by atoms with Gasteiger partial charge in [0.2, 0.25) is 0 Å². The summed E-state index contributed by atoms with van der Waals surface area (Å²) in [5.74, 6) is 0. The van der Waals surface area contributed by atoms with Gasteiger partial charge in [0.1, 0.15) is 0 Å². The average molecular weight is 231 g/mol. The van der Waals surface area contributed by atoms with E-state index in [2.05, 4.69) is 42.8 Å². The number of hydrogen-bond donors (Lipinski definition) is 1. The zero-order valence-corrected chi connectivity index (χ0v) is 11.8. The van der Waals surface area contributed by atoms with Gasteiger partial charge in [0, 0.05) is 21.5 Å². The second-order valence-electron chi connectivity index (χ2n) is 3.18. The minimum atomic E-state index is 1.02. The van der Waals surface area contributed by atoms with E-state index in [1.165, 1.54) is 16.1 Å². The molecule has 0 amide bonds. The highest BCUT2D eigenvalue weighted by molar-refractivity contribution is 5.80. The van der Waals surface area contributed by atoms with Gasteiger partial charge in [0.05, 0.1) is 0 Å². The molecule has 0 aliphatic carbocycles. The van der Waals surface area contributed by atoms with Crippen molar-refractivity contribution in [1.82, 2.24) is 4.98 Å². The van der Waals surface area contributed by atoms with Crippen LogP contribution in [0.3, 0.4) is 0 Å². The first-order chi connectivity index (χ1) is 8.33. The van der Waals surface area contributed by atoms with E-state index < -0.39 is 0 Å². The highest BCUT2D eigenvalue weighted by Gasteiger charge is 1.95. The van der Waals surface area contributed by atoms with Crippen molar-refractivity contribution in [2.24, 2.45) is 0 Å². The second kappa shape index (κ2) is 8.63. The molecule has 0 aliphatic heterocycles. The van der Waals surface area contributed by atoms with E-state index in [0.29, 0.717) is 0 Å². The number of para-hydroxylation sites is 1. The van der Waals surface area contributed by atoms with Gasteiger partial charge < -0.3 is 4.98 Å². The Morgan fingerprint density at radius 3 is 2.29 bits per heavy atom. The molecule has 1 nitrogen and oxygen atoms in total. The fourth-order valence-electron chi connectivity index (χ4n) is 1.66. The molecule has 0 saturated carbocycles. The molecule has 2 rings (SSSR count). The van der Waals surface area contributed by atoms with Crippen LogP contribution in [0.25, 0.3) is 23.6 Å². The number of aromatic amines is 1.